The maximum Gasteiger partial charge on any atom is 0.329 e. The summed E-state index contributed by atoms with van der Waals surface area (Å²) in [7, 11) is 0. The maximum atomic E-state index is 12.3. The number of carboxylic acid groups (broad SMARTS) is 1. The van der Waals surface area contributed by atoms with Gasteiger partial charge in [-0.25, -0.2) is 4.79 Å². The van der Waals surface area contributed by atoms with Gasteiger partial charge >= 0.3 is 5.97 Å². The third-order valence-electron chi connectivity index (χ3n) is 6.38. The summed E-state index contributed by atoms with van der Waals surface area (Å²) in [4.78, 5) is 12.3. The van der Waals surface area contributed by atoms with Gasteiger partial charge in [-0.05, 0) is 61.4 Å². The molecular formula is C23H24BrNO2. The molecule has 0 heterocycles. The van der Waals surface area contributed by atoms with Crippen LogP contribution in [-0.2, 0) is 10.2 Å². The molecule has 0 bridgehead atoms. The number of allylic oxidation sites excluding steroid dienone is 1. The first-order chi connectivity index (χ1) is 13.0. The number of rotatable bonds is 4. The molecule has 27 heavy (non-hydrogen) atoms. The van der Waals surface area contributed by atoms with E-state index >= 15 is 0 Å². The lowest BCUT2D eigenvalue weighted by molar-refractivity contribution is -0.143. The van der Waals surface area contributed by atoms with Crippen molar-refractivity contribution in [1.82, 2.24) is 0 Å². The van der Waals surface area contributed by atoms with E-state index in [-0.39, 0.29) is 5.41 Å². The van der Waals surface area contributed by atoms with E-state index in [9.17, 15) is 9.90 Å². The van der Waals surface area contributed by atoms with Crippen molar-refractivity contribution < 1.29 is 9.90 Å². The minimum Gasteiger partial charge on any atom is -0.480 e. The van der Waals surface area contributed by atoms with Gasteiger partial charge in [-0.3, -0.25) is 0 Å². The lowest BCUT2D eigenvalue weighted by Gasteiger charge is -2.45. The summed E-state index contributed by atoms with van der Waals surface area (Å²) in [5.41, 5.74) is 4.07. The second-order valence-corrected chi connectivity index (χ2v) is 8.63. The van der Waals surface area contributed by atoms with Gasteiger partial charge in [-0.1, -0.05) is 64.8 Å². The molecule has 2 aliphatic carbocycles. The quantitative estimate of drug-likeness (QED) is 0.630. The van der Waals surface area contributed by atoms with Crippen LogP contribution in [0.4, 0.5) is 5.69 Å². The van der Waals surface area contributed by atoms with Crippen LogP contribution < -0.4 is 5.32 Å². The molecule has 0 amide bonds. The van der Waals surface area contributed by atoms with Crippen LogP contribution in [-0.4, -0.2) is 16.6 Å². The van der Waals surface area contributed by atoms with Gasteiger partial charge in [0, 0.05) is 15.6 Å². The van der Waals surface area contributed by atoms with Crippen molar-refractivity contribution in [2.24, 2.45) is 0 Å². The smallest absolute Gasteiger partial charge is 0.329 e. The number of fused-ring (bicyclic) bond motifs is 2. The molecule has 3 nitrogen and oxygen atoms in total. The molecule has 0 aliphatic heterocycles. The fourth-order valence-corrected chi connectivity index (χ4v) is 5.33. The van der Waals surface area contributed by atoms with Gasteiger partial charge in [0.05, 0.1) is 0 Å². The third kappa shape index (κ3) is 3.00. The normalized spacial score (nSPS) is 26.5. The molecule has 0 unspecified atom stereocenters. The summed E-state index contributed by atoms with van der Waals surface area (Å²) in [6.07, 6.45) is 6.27. The average molecular weight is 426 g/mol. The summed E-state index contributed by atoms with van der Waals surface area (Å²) in [5, 5.41) is 13.4. The molecule has 0 radical (unpaired) electrons. The van der Waals surface area contributed by atoms with Gasteiger partial charge < -0.3 is 10.4 Å². The number of hydrogen-bond donors (Lipinski definition) is 2. The van der Waals surface area contributed by atoms with Crippen LogP contribution in [0.2, 0.25) is 0 Å². The van der Waals surface area contributed by atoms with Gasteiger partial charge in [0.2, 0.25) is 0 Å². The number of halogens is 1. The number of nitrogens with one attached hydrogen (secondary N) is 1. The second kappa shape index (κ2) is 6.83. The topological polar surface area (TPSA) is 49.3 Å². The number of carboxylic acids is 1. The Kier molecular flexibility index (Phi) is 4.63. The van der Waals surface area contributed by atoms with Crippen molar-refractivity contribution >= 4 is 33.7 Å². The van der Waals surface area contributed by atoms with E-state index in [2.05, 4.69) is 58.5 Å². The van der Waals surface area contributed by atoms with Crippen LogP contribution in [0.15, 0.2) is 58.6 Å². The lowest BCUT2D eigenvalue weighted by Crippen LogP contribution is -2.52. The fourth-order valence-electron chi connectivity index (χ4n) is 4.93. The van der Waals surface area contributed by atoms with Crippen LogP contribution in [0, 0.1) is 0 Å². The highest BCUT2D eigenvalue weighted by Gasteiger charge is 2.50. The summed E-state index contributed by atoms with van der Waals surface area (Å²) >= 11 is 3.47. The Morgan fingerprint density at radius 3 is 2.52 bits per heavy atom. The zero-order chi connectivity index (χ0) is 19.1. The predicted octanol–water partition coefficient (Wildman–Crippen LogP) is 6.00. The number of aliphatic carboxylic acids is 1. The summed E-state index contributed by atoms with van der Waals surface area (Å²) < 4.78 is 0.946. The van der Waals surface area contributed by atoms with Gasteiger partial charge in [-0.2, -0.15) is 0 Å². The summed E-state index contributed by atoms with van der Waals surface area (Å²) in [6, 6.07) is 16.3. The molecule has 1 saturated carbocycles. The highest BCUT2D eigenvalue weighted by atomic mass is 79.9. The Balaban J connectivity index is 1.64. The number of hydrogen-bond acceptors (Lipinski definition) is 2. The van der Waals surface area contributed by atoms with Gasteiger partial charge in [0.25, 0.3) is 0 Å². The Labute approximate surface area is 168 Å². The largest absolute Gasteiger partial charge is 0.480 e. The highest BCUT2D eigenvalue weighted by Crippen LogP contribution is 2.54. The monoisotopic (exact) mass is 425 g/mol. The van der Waals surface area contributed by atoms with Crippen molar-refractivity contribution in [3.63, 3.8) is 0 Å². The van der Waals surface area contributed by atoms with Crippen LogP contribution in [0.5, 0.6) is 0 Å². The SMILES string of the molecule is CCC1=Cc2ccccc2C12CCC(Nc1cccc(Br)c1)(C(=O)O)CC2. The Morgan fingerprint density at radius 1 is 1.11 bits per heavy atom. The van der Waals surface area contributed by atoms with Crippen molar-refractivity contribution in [3.8, 4) is 0 Å². The van der Waals surface area contributed by atoms with E-state index in [4.69, 9.17) is 0 Å². The van der Waals surface area contributed by atoms with Crippen molar-refractivity contribution in [2.75, 3.05) is 5.32 Å². The molecular weight excluding hydrogens is 402 g/mol. The molecule has 1 spiro atoms. The van der Waals surface area contributed by atoms with E-state index in [0.29, 0.717) is 12.8 Å². The molecule has 2 aromatic carbocycles. The zero-order valence-electron chi connectivity index (χ0n) is 15.5. The Morgan fingerprint density at radius 2 is 1.85 bits per heavy atom. The van der Waals surface area contributed by atoms with E-state index < -0.39 is 11.5 Å². The zero-order valence-corrected chi connectivity index (χ0v) is 17.1. The first-order valence-corrected chi connectivity index (χ1v) is 10.4. The van der Waals surface area contributed by atoms with Gasteiger partial charge in [-0.15, -0.1) is 0 Å². The van der Waals surface area contributed by atoms with Gasteiger partial charge in [0.15, 0.2) is 0 Å². The molecule has 4 rings (SSSR count). The fraction of sp³-hybridized carbons (Fsp3) is 0.348. The van der Waals surface area contributed by atoms with E-state index in [1.54, 1.807) is 0 Å². The van der Waals surface area contributed by atoms with Crippen molar-refractivity contribution in [1.29, 1.82) is 0 Å². The lowest BCUT2D eigenvalue weighted by atomic mass is 9.62. The molecule has 2 aromatic rings. The minimum absolute atomic E-state index is 0.00322. The third-order valence-corrected chi connectivity index (χ3v) is 6.87. The maximum absolute atomic E-state index is 12.3. The average Bonchev–Trinajstić information content (AvgIpc) is 2.97. The first kappa shape index (κ1) is 18.3. The number of benzene rings is 2. The summed E-state index contributed by atoms with van der Waals surface area (Å²) in [6.45, 7) is 2.21. The molecule has 140 valence electrons. The molecule has 2 N–H and O–H groups in total. The predicted molar refractivity (Wildman–Crippen MR) is 113 cm³/mol. The van der Waals surface area contributed by atoms with E-state index in [1.807, 2.05) is 24.3 Å². The Hall–Kier alpha value is -2.07. The van der Waals surface area contributed by atoms with E-state index in [1.165, 1.54) is 16.7 Å². The van der Waals surface area contributed by atoms with Crippen LogP contribution >= 0.6 is 15.9 Å². The number of anilines is 1. The molecule has 4 heteroatoms. The molecule has 1 fully saturated rings. The highest BCUT2D eigenvalue weighted by molar-refractivity contribution is 9.10. The van der Waals surface area contributed by atoms with Crippen LogP contribution in [0.25, 0.3) is 6.08 Å². The first-order valence-electron chi connectivity index (χ1n) is 9.57. The van der Waals surface area contributed by atoms with Crippen LogP contribution in [0.3, 0.4) is 0 Å². The molecule has 0 atom stereocenters. The minimum atomic E-state index is -0.914. The molecule has 0 aromatic heterocycles. The number of carbonyl (C=O) groups is 1. The van der Waals surface area contributed by atoms with Crippen molar-refractivity contribution in [2.45, 2.75) is 50.0 Å². The Bertz CT molecular complexity index is 910. The summed E-state index contributed by atoms with van der Waals surface area (Å²) in [5.74, 6) is -0.759. The van der Waals surface area contributed by atoms with Gasteiger partial charge in [0.1, 0.15) is 5.54 Å². The molecule has 0 saturated heterocycles. The standard InChI is InChI=1S/C23H24BrNO2/c1-2-17-14-16-6-3-4-9-20(16)22(17)10-12-23(13-11-22,21(26)27)25-19-8-5-7-18(24)15-19/h3-9,14-15,25H,2,10-13H2,1H3,(H,26,27). The molecule has 2 aliphatic rings. The van der Waals surface area contributed by atoms with E-state index in [0.717, 1.165) is 29.4 Å². The second-order valence-electron chi connectivity index (χ2n) is 7.72. The van der Waals surface area contributed by atoms with Crippen LogP contribution in [0.1, 0.15) is 50.2 Å². The van der Waals surface area contributed by atoms with Crippen molar-refractivity contribution in [3.05, 3.63) is 69.7 Å².